The van der Waals surface area contributed by atoms with E-state index in [1.54, 1.807) is 0 Å². The van der Waals surface area contributed by atoms with E-state index in [1.807, 2.05) is 53.9 Å². The van der Waals surface area contributed by atoms with E-state index in [1.165, 1.54) is 9.79 Å². The van der Waals surface area contributed by atoms with Crippen LogP contribution in [0.25, 0.3) is 0 Å². The van der Waals surface area contributed by atoms with Crippen LogP contribution in [0.5, 0.6) is 0 Å². The predicted octanol–water partition coefficient (Wildman–Crippen LogP) is 4.38. The van der Waals surface area contributed by atoms with E-state index in [9.17, 15) is 4.79 Å². The van der Waals surface area contributed by atoms with E-state index in [0.29, 0.717) is 0 Å². The van der Waals surface area contributed by atoms with Gasteiger partial charge in [-0.25, -0.2) is 0 Å². The molecule has 0 aliphatic heterocycles. The predicted molar refractivity (Wildman–Crippen MR) is 79.7 cm³/mol. The molecule has 0 atom stereocenters. The molecule has 0 heterocycles. The second kappa shape index (κ2) is 7.29. The lowest BCUT2D eigenvalue weighted by Gasteiger charge is -2.02. The Morgan fingerprint density at radius 1 is 0.778 bits per heavy atom. The van der Waals surface area contributed by atoms with Crippen LogP contribution in [0.3, 0.4) is 0 Å². The zero-order chi connectivity index (χ0) is 12.6. The molecular weight excluding hydrogens is 260 g/mol. The summed E-state index contributed by atoms with van der Waals surface area (Å²) in [7, 11) is 0. The van der Waals surface area contributed by atoms with Crippen LogP contribution < -0.4 is 0 Å². The third-order valence-corrected chi connectivity index (χ3v) is 4.67. The molecule has 0 aliphatic carbocycles. The standard InChI is InChI=1S/C15H14OS2/c16-12-13-6-8-15(9-7-13)18-11-10-17-14-4-2-1-3-5-14/h1-9,12H,10-11H2. The van der Waals surface area contributed by atoms with Crippen molar-refractivity contribution in [1.82, 2.24) is 0 Å². The molecule has 0 aliphatic rings. The number of benzene rings is 2. The van der Waals surface area contributed by atoms with Gasteiger partial charge in [0.2, 0.25) is 0 Å². The largest absolute Gasteiger partial charge is 0.298 e. The molecule has 0 fully saturated rings. The summed E-state index contributed by atoms with van der Waals surface area (Å²) in [5, 5.41) is 0. The molecule has 0 saturated heterocycles. The van der Waals surface area contributed by atoms with E-state index >= 15 is 0 Å². The van der Waals surface area contributed by atoms with E-state index < -0.39 is 0 Å². The maximum Gasteiger partial charge on any atom is 0.150 e. The molecule has 0 spiro atoms. The van der Waals surface area contributed by atoms with Crippen molar-refractivity contribution in [1.29, 1.82) is 0 Å². The van der Waals surface area contributed by atoms with Crippen LogP contribution >= 0.6 is 23.5 Å². The fourth-order valence-electron chi connectivity index (χ4n) is 1.48. The van der Waals surface area contributed by atoms with Crippen molar-refractivity contribution < 1.29 is 4.79 Å². The SMILES string of the molecule is O=Cc1ccc(SCCSc2ccccc2)cc1. The van der Waals surface area contributed by atoms with E-state index in [4.69, 9.17) is 0 Å². The third-order valence-electron chi connectivity index (χ3n) is 2.38. The normalized spacial score (nSPS) is 10.2. The molecule has 18 heavy (non-hydrogen) atoms. The Balaban J connectivity index is 1.73. The topological polar surface area (TPSA) is 17.1 Å². The van der Waals surface area contributed by atoms with Gasteiger partial charge < -0.3 is 0 Å². The summed E-state index contributed by atoms with van der Waals surface area (Å²) in [4.78, 5) is 13.1. The fraction of sp³-hybridized carbons (Fsp3) is 0.133. The fourth-order valence-corrected chi connectivity index (χ4v) is 3.29. The van der Waals surface area contributed by atoms with E-state index in [0.717, 1.165) is 23.4 Å². The number of hydrogen-bond donors (Lipinski definition) is 0. The van der Waals surface area contributed by atoms with Crippen molar-refractivity contribution in [2.24, 2.45) is 0 Å². The van der Waals surface area contributed by atoms with Crippen LogP contribution in [0, 0.1) is 0 Å². The van der Waals surface area contributed by atoms with Gasteiger partial charge in [-0.3, -0.25) is 4.79 Å². The molecule has 2 rings (SSSR count). The molecule has 0 aromatic heterocycles. The van der Waals surface area contributed by atoms with Gasteiger partial charge in [-0.05, 0) is 24.3 Å². The molecule has 2 aromatic rings. The monoisotopic (exact) mass is 274 g/mol. The van der Waals surface area contributed by atoms with Crippen LogP contribution in [0.4, 0.5) is 0 Å². The molecule has 0 radical (unpaired) electrons. The Labute approximate surface area is 116 Å². The Morgan fingerprint density at radius 2 is 1.33 bits per heavy atom. The lowest BCUT2D eigenvalue weighted by atomic mass is 10.2. The minimum Gasteiger partial charge on any atom is -0.298 e. The highest BCUT2D eigenvalue weighted by Crippen LogP contribution is 2.22. The summed E-state index contributed by atoms with van der Waals surface area (Å²) < 4.78 is 0. The van der Waals surface area contributed by atoms with Gasteiger partial charge >= 0.3 is 0 Å². The van der Waals surface area contributed by atoms with Gasteiger partial charge in [-0.1, -0.05) is 30.3 Å². The average Bonchev–Trinajstić information content (AvgIpc) is 2.45. The Bertz CT molecular complexity index is 480. The number of carbonyl (C=O) groups excluding carboxylic acids is 1. The molecule has 3 heteroatoms. The number of aldehydes is 1. The molecule has 0 saturated carbocycles. The molecule has 2 aromatic carbocycles. The molecule has 0 N–H and O–H groups in total. The lowest BCUT2D eigenvalue weighted by molar-refractivity contribution is 0.112. The van der Waals surface area contributed by atoms with Gasteiger partial charge in [0.1, 0.15) is 6.29 Å². The van der Waals surface area contributed by atoms with Gasteiger partial charge in [0.15, 0.2) is 0 Å². The first-order chi connectivity index (χ1) is 8.88. The number of rotatable bonds is 6. The summed E-state index contributed by atoms with van der Waals surface area (Å²) in [5.41, 5.74) is 0.734. The van der Waals surface area contributed by atoms with E-state index in [2.05, 4.69) is 24.3 Å². The van der Waals surface area contributed by atoms with Crippen molar-refractivity contribution in [2.45, 2.75) is 9.79 Å². The maximum atomic E-state index is 10.5. The Morgan fingerprint density at radius 3 is 1.89 bits per heavy atom. The first-order valence-corrected chi connectivity index (χ1v) is 7.71. The second-order valence-corrected chi connectivity index (χ2v) is 6.03. The number of hydrogen-bond acceptors (Lipinski definition) is 3. The highest BCUT2D eigenvalue weighted by molar-refractivity contribution is 8.03. The smallest absolute Gasteiger partial charge is 0.150 e. The third kappa shape index (κ3) is 4.24. The van der Waals surface area contributed by atoms with Gasteiger partial charge in [-0.2, -0.15) is 0 Å². The van der Waals surface area contributed by atoms with Crippen molar-refractivity contribution in [2.75, 3.05) is 11.5 Å². The van der Waals surface area contributed by atoms with Crippen molar-refractivity contribution in [3.63, 3.8) is 0 Å². The van der Waals surface area contributed by atoms with Crippen LogP contribution in [-0.4, -0.2) is 17.8 Å². The van der Waals surface area contributed by atoms with E-state index in [-0.39, 0.29) is 0 Å². The van der Waals surface area contributed by atoms with Crippen molar-refractivity contribution >= 4 is 29.8 Å². The summed E-state index contributed by atoms with van der Waals surface area (Å²) in [6.07, 6.45) is 0.875. The minimum absolute atomic E-state index is 0.734. The molecule has 0 amide bonds. The summed E-state index contributed by atoms with van der Waals surface area (Å²) >= 11 is 3.69. The first kappa shape index (κ1) is 13.2. The first-order valence-electron chi connectivity index (χ1n) is 5.74. The van der Waals surface area contributed by atoms with Crippen molar-refractivity contribution in [3.05, 3.63) is 60.2 Å². The second-order valence-electron chi connectivity index (χ2n) is 3.70. The molecule has 0 bridgehead atoms. The molecule has 1 nitrogen and oxygen atoms in total. The van der Waals surface area contributed by atoms with Gasteiger partial charge in [0.25, 0.3) is 0 Å². The van der Waals surface area contributed by atoms with Crippen LogP contribution in [0.2, 0.25) is 0 Å². The summed E-state index contributed by atoms with van der Waals surface area (Å²) in [5.74, 6) is 2.16. The zero-order valence-corrected chi connectivity index (χ0v) is 11.5. The van der Waals surface area contributed by atoms with Crippen LogP contribution in [0.1, 0.15) is 10.4 Å². The van der Waals surface area contributed by atoms with Gasteiger partial charge in [0, 0.05) is 26.9 Å². The summed E-state index contributed by atoms with van der Waals surface area (Å²) in [6.45, 7) is 0. The minimum atomic E-state index is 0.734. The number of thioether (sulfide) groups is 2. The Kier molecular flexibility index (Phi) is 5.36. The van der Waals surface area contributed by atoms with Crippen LogP contribution in [0.15, 0.2) is 64.4 Å². The maximum absolute atomic E-state index is 10.5. The molecule has 92 valence electrons. The highest BCUT2D eigenvalue weighted by atomic mass is 32.2. The molecule has 0 unspecified atom stereocenters. The zero-order valence-electron chi connectivity index (χ0n) is 9.91. The summed E-state index contributed by atoms with van der Waals surface area (Å²) in [6, 6.07) is 18.2. The van der Waals surface area contributed by atoms with Gasteiger partial charge in [0.05, 0.1) is 0 Å². The Hall–Kier alpha value is -1.19. The van der Waals surface area contributed by atoms with Crippen molar-refractivity contribution in [3.8, 4) is 0 Å². The lowest BCUT2D eigenvalue weighted by Crippen LogP contribution is -1.85. The molecular formula is C15H14OS2. The quantitative estimate of drug-likeness (QED) is 0.442. The van der Waals surface area contributed by atoms with Crippen LogP contribution in [-0.2, 0) is 0 Å². The highest BCUT2D eigenvalue weighted by Gasteiger charge is 1.96. The van der Waals surface area contributed by atoms with Gasteiger partial charge in [-0.15, -0.1) is 23.5 Å². The number of carbonyl (C=O) groups is 1. The average molecular weight is 274 g/mol.